The van der Waals surface area contributed by atoms with Gasteiger partial charge in [0.25, 0.3) is 0 Å². The van der Waals surface area contributed by atoms with Crippen molar-refractivity contribution in [2.24, 2.45) is 0 Å². The first kappa shape index (κ1) is 18.0. The lowest BCUT2D eigenvalue weighted by molar-refractivity contribution is -0.132. The van der Waals surface area contributed by atoms with Gasteiger partial charge in [0.1, 0.15) is 18.2 Å². The molecular weight excluding hydrogens is 366 g/mol. The zero-order chi connectivity index (χ0) is 19.5. The van der Waals surface area contributed by atoms with Gasteiger partial charge in [-0.05, 0) is 53.7 Å². The fraction of sp³-hybridized carbons (Fsp3) is 0.263. The Labute approximate surface area is 160 Å². The molecule has 1 saturated heterocycles. The first-order valence-electron chi connectivity index (χ1n) is 8.90. The summed E-state index contributed by atoms with van der Waals surface area (Å²) in [6, 6.07) is 12.1. The summed E-state index contributed by atoms with van der Waals surface area (Å²) in [4.78, 5) is 17.6. The highest BCUT2D eigenvalue weighted by Crippen LogP contribution is 2.17. The van der Waals surface area contributed by atoms with Gasteiger partial charge in [-0.3, -0.25) is 4.79 Å². The molecule has 1 fully saturated rings. The summed E-state index contributed by atoms with van der Waals surface area (Å²) in [6.45, 7) is 2.46. The van der Waals surface area contributed by atoms with Crippen LogP contribution in [-0.2, 0) is 11.3 Å². The van der Waals surface area contributed by atoms with Gasteiger partial charge in [-0.1, -0.05) is 0 Å². The summed E-state index contributed by atoms with van der Waals surface area (Å²) >= 11 is 0. The zero-order valence-corrected chi connectivity index (χ0v) is 15.0. The van der Waals surface area contributed by atoms with E-state index < -0.39 is 0 Å². The molecule has 4 rings (SSSR count). The SMILES string of the molecule is O=C(Cn1nnc(-c2ccc(F)cc2)n1)N1CCN(c2ccc(F)cc2)CC1. The molecule has 0 radical (unpaired) electrons. The number of halogens is 2. The number of piperazine rings is 1. The van der Waals surface area contributed by atoms with Gasteiger partial charge in [0.2, 0.25) is 11.7 Å². The van der Waals surface area contributed by atoms with Crippen molar-refractivity contribution in [1.82, 2.24) is 25.1 Å². The third-order valence-corrected chi connectivity index (χ3v) is 4.66. The predicted octanol–water partition coefficient (Wildman–Crippen LogP) is 1.97. The van der Waals surface area contributed by atoms with E-state index in [9.17, 15) is 13.6 Å². The number of benzene rings is 2. The zero-order valence-electron chi connectivity index (χ0n) is 15.0. The molecule has 0 unspecified atom stereocenters. The van der Waals surface area contributed by atoms with E-state index in [1.54, 1.807) is 29.2 Å². The Bertz CT molecular complexity index is 949. The molecule has 2 aromatic carbocycles. The topological polar surface area (TPSA) is 67.2 Å². The smallest absolute Gasteiger partial charge is 0.246 e. The highest BCUT2D eigenvalue weighted by molar-refractivity contribution is 5.76. The van der Waals surface area contributed by atoms with Crippen molar-refractivity contribution in [1.29, 1.82) is 0 Å². The Kier molecular flexibility index (Phi) is 4.96. The second-order valence-electron chi connectivity index (χ2n) is 6.49. The van der Waals surface area contributed by atoms with Crippen LogP contribution in [0, 0.1) is 11.6 Å². The van der Waals surface area contributed by atoms with Crippen LogP contribution in [0.2, 0.25) is 0 Å². The predicted molar refractivity (Wildman–Crippen MR) is 98.4 cm³/mol. The number of hydrogen-bond donors (Lipinski definition) is 0. The molecule has 0 spiro atoms. The molecule has 144 valence electrons. The van der Waals surface area contributed by atoms with Crippen LogP contribution >= 0.6 is 0 Å². The van der Waals surface area contributed by atoms with Gasteiger partial charge >= 0.3 is 0 Å². The number of rotatable bonds is 4. The van der Waals surface area contributed by atoms with Gasteiger partial charge in [0.05, 0.1) is 0 Å². The lowest BCUT2D eigenvalue weighted by Gasteiger charge is -2.36. The van der Waals surface area contributed by atoms with Crippen LogP contribution in [0.5, 0.6) is 0 Å². The van der Waals surface area contributed by atoms with Crippen LogP contribution in [0.1, 0.15) is 0 Å². The fourth-order valence-electron chi connectivity index (χ4n) is 3.11. The summed E-state index contributed by atoms with van der Waals surface area (Å²) in [5, 5.41) is 12.0. The molecule has 1 aliphatic heterocycles. The molecule has 1 aliphatic rings. The average molecular weight is 384 g/mol. The van der Waals surface area contributed by atoms with Gasteiger partial charge in [-0.2, -0.15) is 4.80 Å². The van der Waals surface area contributed by atoms with E-state index in [2.05, 4.69) is 20.3 Å². The van der Waals surface area contributed by atoms with Gasteiger partial charge in [0, 0.05) is 37.4 Å². The monoisotopic (exact) mass is 384 g/mol. The van der Waals surface area contributed by atoms with Crippen molar-refractivity contribution in [2.75, 3.05) is 31.1 Å². The molecule has 0 aliphatic carbocycles. The van der Waals surface area contributed by atoms with Gasteiger partial charge in [-0.15, -0.1) is 10.2 Å². The van der Waals surface area contributed by atoms with Crippen molar-refractivity contribution in [3.05, 3.63) is 60.2 Å². The molecule has 0 bridgehead atoms. The molecule has 3 aromatic rings. The quantitative estimate of drug-likeness (QED) is 0.688. The number of carbonyl (C=O) groups is 1. The number of nitrogens with zero attached hydrogens (tertiary/aromatic N) is 6. The summed E-state index contributed by atoms with van der Waals surface area (Å²) in [5.74, 6) is -0.361. The van der Waals surface area contributed by atoms with Crippen molar-refractivity contribution in [2.45, 2.75) is 6.54 Å². The minimum Gasteiger partial charge on any atom is -0.368 e. The highest BCUT2D eigenvalue weighted by atomic mass is 19.1. The number of amides is 1. The van der Waals surface area contributed by atoms with Crippen LogP contribution in [0.4, 0.5) is 14.5 Å². The molecule has 7 nitrogen and oxygen atoms in total. The second-order valence-corrected chi connectivity index (χ2v) is 6.49. The largest absolute Gasteiger partial charge is 0.368 e. The minimum absolute atomic E-state index is 0.00918. The Hall–Kier alpha value is -3.36. The molecular formula is C19H18F2N6O. The first-order valence-corrected chi connectivity index (χ1v) is 8.90. The van der Waals surface area contributed by atoms with Crippen molar-refractivity contribution >= 4 is 11.6 Å². The van der Waals surface area contributed by atoms with E-state index >= 15 is 0 Å². The summed E-state index contributed by atoms with van der Waals surface area (Å²) in [7, 11) is 0. The van der Waals surface area contributed by atoms with Gasteiger partial charge in [-0.25, -0.2) is 8.78 Å². The van der Waals surface area contributed by atoms with E-state index in [1.165, 1.54) is 29.1 Å². The lowest BCUT2D eigenvalue weighted by Crippen LogP contribution is -2.49. The fourth-order valence-corrected chi connectivity index (χ4v) is 3.11. The summed E-state index contributed by atoms with van der Waals surface area (Å²) in [6.07, 6.45) is 0. The van der Waals surface area contributed by atoms with Crippen molar-refractivity contribution in [3.8, 4) is 11.4 Å². The van der Waals surface area contributed by atoms with E-state index in [0.717, 1.165) is 5.69 Å². The van der Waals surface area contributed by atoms with Crippen LogP contribution in [0.3, 0.4) is 0 Å². The van der Waals surface area contributed by atoms with E-state index in [1.807, 2.05) is 0 Å². The molecule has 0 atom stereocenters. The Morgan fingerprint density at radius 2 is 1.50 bits per heavy atom. The van der Waals surface area contributed by atoms with Crippen molar-refractivity contribution in [3.63, 3.8) is 0 Å². The third-order valence-electron chi connectivity index (χ3n) is 4.66. The molecule has 28 heavy (non-hydrogen) atoms. The number of tetrazole rings is 1. The highest BCUT2D eigenvalue weighted by Gasteiger charge is 2.22. The summed E-state index contributed by atoms with van der Waals surface area (Å²) < 4.78 is 26.1. The lowest BCUT2D eigenvalue weighted by atomic mass is 10.2. The Morgan fingerprint density at radius 1 is 0.893 bits per heavy atom. The molecule has 9 heteroatoms. The standard InChI is InChI=1S/C19H18F2N6O/c20-15-3-1-14(2-4-15)19-22-24-27(23-19)13-18(28)26-11-9-25(10-12-26)17-7-5-16(21)6-8-17/h1-8H,9-13H2. The van der Waals surface area contributed by atoms with Crippen LogP contribution < -0.4 is 4.90 Å². The number of carbonyl (C=O) groups excluding carboxylic acids is 1. The molecule has 0 saturated carbocycles. The molecule has 1 aromatic heterocycles. The van der Waals surface area contributed by atoms with Crippen LogP contribution in [-0.4, -0.2) is 57.2 Å². The summed E-state index contributed by atoms with van der Waals surface area (Å²) in [5.41, 5.74) is 1.57. The average Bonchev–Trinajstić information content (AvgIpc) is 3.18. The van der Waals surface area contributed by atoms with E-state index in [4.69, 9.17) is 0 Å². The third kappa shape index (κ3) is 3.98. The van der Waals surface area contributed by atoms with E-state index in [0.29, 0.717) is 37.6 Å². The number of hydrogen-bond acceptors (Lipinski definition) is 5. The second kappa shape index (κ2) is 7.71. The molecule has 0 N–H and O–H groups in total. The van der Waals surface area contributed by atoms with Crippen molar-refractivity contribution < 1.29 is 13.6 Å². The molecule has 1 amide bonds. The van der Waals surface area contributed by atoms with E-state index in [-0.39, 0.29) is 24.1 Å². The Balaban J connectivity index is 1.33. The Morgan fingerprint density at radius 3 is 2.14 bits per heavy atom. The normalized spacial score (nSPS) is 14.4. The van der Waals surface area contributed by atoms with Crippen LogP contribution in [0.25, 0.3) is 11.4 Å². The van der Waals surface area contributed by atoms with Gasteiger partial charge < -0.3 is 9.80 Å². The maximum atomic E-state index is 13.0. The van der Waals surface area contributed by atoms with Crippen LogP contribution in [0.15, 0.2) is 48.5 Å². The molecule has 2 heterocycles. The maximum absolute atomic E-state index is 13.0. The number of anilines is 1. The minimum atomic E-state index is -0.342. The number of aromatic nitrogens is 4. The van der Waals surface area contributed by atoms with Gasteiger partial charge in [0.15, 0.2) is 0 Å². The first-order chi connectivity index (χ1) is 13.6. The maximum Gasteiger partial charge on any atom is 0.246 e.